The maximum absolute atomic E-state index is 13.9. The number of pyridine rings is 1. The van der Waals surface area contributed by atoms with E-state index in [-0.39, 0.29) is 29.8 Å². The highest BCUT2D eigenvalue weighted by atomic mass is 19.1. The van der Waals surface area contributed by atoms with E-state index in [9.17, 15) is 14.3 Å². The van der Waals surface area contributed by atoms with Crippen LogP contribution in [0.15, 0.2) is 83.7 Å². The summed E-state index contributed by atoms with van der Waals surface area (Å²) in [6, 6.07) is 8.57. The molecule has 1 amide bonds. The zero-order chi connectivity index (χ0) is 26.8. The Morgan fingerprint density at radius 2 is 2.16 bits per heavy atom. The number of aromatic hydroxyl groups is 1. The van der Waals surface area contributed by atoms with E-state index in [2.05, 4.69) is 30.2 Å². The lowest BCUT2D eigenvalue weighted by Crippen LogP contribution is -2.31. The molecule has 0 radical (unpaired) electrons. The molecular weight excluding hydrogens is 481 g/mol. The van der Waals surface area contributed by atoms with Crippen molar-refractivity contribution in [1.82, 2.24) is 15.3 Å². The first-order valence-electron chi connectivity index (χ1n) is 12.9. The van der Waals surface area contributed by atoms with Crippen molar-refractivity contribution < 1.29 is 19.0 Å². The van der Waals surface area contributed by atoms with Crippen molar-refractivity contribution in [2.24, 2.45) is 5.92 Å². The lowest BCUT2D eigenvalue weighted by atomic mass is 9.81. The summed E-state index contributed by atoms with van der Waals surface area (Å²) in [6.07, 6.45) is 10.6. The van der Waals surface area contributed by atoms with Crippen LogP contribution in [0.25, 0.3) is 16.5 Å². The molecule has 2 aliphatic carbocycles. The van der Waals surface area contributed by atoms with Gasteiger partial charge < -0.3 is 20.1 Å². The normalized spacial score (nSPS) is 18.2. The summed E-state index contributed by atoms with van der Waals surface area (Å²) >= 11 is 0. The minimum absolute atomic E-state index is 0.131. The second kappa shape index (κ2) is 10.7. The molecule has 2 unspecified atom stereocenters. The van der Waals surface area contributed by atoms with E-state index < -0.39 is 6.04 Å². The molecule has 0 aliphatic heterocycles. The van der Waals surface area contributed by atoms with Crippen LogP contribution in [0, 0.1) is 5.92 Å². The Kier molecular flexibility index (Phi) is 7.18. The molecule has 0 fully saturated rings. The number of hydrogen-bond donors (Lipinski definition) is 3. The Hall–Kier alpha value is -4.13. The van der Waals surface area contributed by atoms with Crippen LogP contribution in [0.5, 0.6) is 5.75 Å². The highest BCUT2D eigenvalue weighted by Crippen LogP contribution is 2.40. The van der Waals surface area contributed by atoms with Gasteiger partial charge in [-0.25, -0.2) is 4.39 Å². The first-order valence-corrected chi connectivity index (χ1v) is 12.9. The van der Waals surface area contributed by atoms with Crippen LogP contribution < -0.4 is 5.32 Å². The number of halogens is 1. The molecule has 0 saturated carbocycles. The van der Waals surface area contributed by atoms with Gasteiger partial charge in [0.1, 0.15) is 11.6 Å². The van der Waals surface area contributed by atoms with Crippen molar-refractivity contribution in [3.63, 3.8) is 0 Å². The van der Waals surface area contributed by atoms with Crippen LogP contribution >= 0.6 is 0 Å². The van der Waals surface area contributed by atoms with Crippen molar-refractivity contribution in [1.29, 1.82) is 0 Å². The highest BCUT2D eigenvalue weighted by Gasteiger charge is 2.28. The van der Waals surface area contributed by atoms with Gasteiger partial charge in [0.15, 0.2) is 0 Å². The molecule has 2 heterocycles. The van der Waals surface area contributed by atoms with Crippen molar-refractivity contribution >= 4 is 22.4 Å². The monoisotopic (exact) mass is 513 g/mol. The summed E-state index contributed by atoms with van der Waals surface area (Å²) in [6.45, 7) is 4.24. The number of amides is 1. The third-order valence-electron chi connectivity index (χ3n) is 7.33. The van der Waals surface area contributed by atoms with Crippen LogP contribution in [0.2, 0.25) is 0 Å². The summed E-state index contributed by atoms with van der Waals surface area (Å²) in [5, 5.41) is 13.9. The van der Waals surface area contributed by atoms with Crippen LogP contribution in [0.4, 0.5) is 4.39 Å². The van der Waals surface area contributed by atoms with Gasteiger partial charge in [-0.3, -0.25) is 9.78 Å². The number of nitrogens with zero attached hydrogens (tertiary/aromatic N) is 1. The Bertz CT molecular complexity index is 1510. The Labute approximate surface area is 221 Å². The predicted molar refractivity (Wildman–Crippen MR) is 147 cm³/mol. The van der Waals surface area contributed by atoms with E-state index in [1.54, 1.807) is 49.9 Å². The number of rotatable bonds is 8. The SMILES string of the molecule is COC1=CC(C)=C(c2cccnc2C(CC2=CC(F)=CC2)NC(=O)Cc2c[nH]c3ccc(O)cc23)C(C)C1. The summed E-state index contributed by atoms with van der Waals surface area (Å²) in [5.41, 5.74) is 6.57. The van der Waals surface area contributed by atoms with Gasteiger partial charge in [0.2, 0.25) is 5.91 Å². The molecule has 7 heteroatoms. The molecule has 2 aliphatic rings. The molecule has 2 atom stereocenters. The number of carbonyl (C=O) groups is 1. The van der Waals surface area contributed by atoms with E-state index >= 15 is 0 Å². The average molecular weight is 514 g/mol. The molecule has 2 aromatic heterocycles. The number of allylic oxidation sites excluding steroid dienone is 7. The first-order chi connectivity index (χ1) is 18.3. The fourth-order valence-electron chi connectivity index (χ4n) is 5.61. The van der Waals surface area contributed by atoms with Crippen molar-refractivity contribution in [2.75, 3.05) is 7.11 Å². The molecule has 196 valence electrons. The number of phenolic OH excluding ortho intramolecular Hbond substituents is 1. The van der Waals surface area contributed by atoms with Crippen molar-refractivity contribution in [2.45, 2.75) is 45.6 Å². The molecule has 0 spiro atoms. The molecule has 0 saturated heterocycles. The molecule has 5 rings (SSSR count). The van der Waals surface area contributed by atoms with Crippen LogP contribution in [-0.2, 0) is 16.0 Å². The van der Waals surface area contributed by atoms with Gasteiger partial charge >= 0.3 is 0 Å². The van der Waals surface area contributed by atoms with Crippen LogP contribution in [-0.4, -0.2) is 28.1 Å². The number of carbonyl (C=O) groups excluding carboxylic acids is 1. The predicted octanol–water partition coefficient (Wildman–Crippen LogP) is 6.59. The fraction of sp³-hybridized carbons (Fsp3) is 0.290. The fourth-order valence-corrected chi connectivity index (χ4v) is 5.61. The molecule has 38 heavy (non-hydrogen) atoms. The molecule has 0 bridgehead atoms. The number of hydrogen-bond acceptors (Lipinski definition) is 4. The number of benzene rings is 1. The second-order valence-corrected chi connectivity index (χ2v) is 10.1. The number of H-pyrrole nitrogens is 1. The van der Waals surface area contributed by atoms with Gasteiger partial charge in [-0.2, -0.15) is 0 Å². The zero-order valence-electron chi connectivity index (χ0n) is 21.8. The van der Waals surface area contributed by atoms with E-state index in [0.29, 0.717) is 12.8 Å². The van der Waals surface area contributed by atoms with E-state index in [4.69, 9.17) is 9.72 Å². The van der Waals surface area contributed by atoms with Crippen molar-refractivity contribution in [3.05, 3.63) is 101 Å². The van der Waals surface area contributed by atoms with Crippen LogP contribution in [0.1, 0.15) is 56.0 Å². The van der Waals surface area contributed by atoms with Gasteiger partial charge in [0, 0.05) is 35.3 Å². The number of fused-ring (bicyclic) bond motifs is 1. The summed E-state index contributed by atoms with van der Waals surface area (Å²) in [5.74, 6) is 0.872. The Morgan fingerprint density at radius 3 is 2.89 bits per heavy atom. The maximum Gasteiger partial charge on any atom is 0.225 e. The number of aromatic nitrogens is 2. The molecule has 1 aromatic carbocycles. The number of phenols is 1. The van der Waals surface area contributed by atoms with E-state index in [1.165, 1.54) is 5.57 Å². The largest absolute Gasteiger partial charge is 0.508 e. The molecule has 3 N–H and O–H groups in total. The van der Waals surface area contributed by atoms with E-state index in [1.807, 2.05) is 12.1 Å². The Balaban J connectivity index is 1.48. The van der Waals surface area contributed by atoms with Crippen LogP contribution in [0.3, 0.4) is 0 Å². The van der Waals surface area contributed by atoms with Gasteiger partial charge in [-0.1, -0.05) is 18.6 Å². The number of ether oxygens (including phenoxy) is 1. The lowest BCUT2D eigenvalue weighted by Gasteiger charge is -2.28. The second-order valence-electron chi connectivity index (χ2n) is 10.1. The molecular formula is C31H32FN3O3. The average Bonchev–Trinajstić information content (AvgIpc) is 3.48. The lowest BCUT2D eigenvalue weighted by molar-refractivity contribution is -0.121. The van der Waals surface area contributed by atoms with Gasteiger partial charge in [0.05, 0.1) is 31.0 Å². The number of aromatic amines is 1. The number of nitrogens with one attached hydrogen (secondary N) is 2. The standard InChI is InChI=1S/C31H32FN3O3/c1-18-11-24(38-3)12-19(2)30(18)25-5-4-10-33-31(25)28(14-20-6-7-22(32)13-20)35-29(37)15-21-17-34-27-9-8-23(36)16-26(21)27/h4-5,7-11,13,16-17,19,28,34,36H,6,12,14-15H2,1-3H3,(H,35,37). The Morgan fingerprint density at radius 1 is 1.32 bits per heavy atom. The topological polar surface area (TPSA) is 87.2 Å². The summed E-state index contributed by atoms with van der Waals surface area (Å²) in [4.78, 5) is 21.3. The van der Waals surface area contributed by atoms with E-state index in [0.717, 1.165) is 51.0 Å². The van der Waals surface area contributed by atoms with Gasteiger partial charge in [0.25, 0.3) is 0 Å². The minimum Gasteiger partial charge on any atom is -0.508 e. The summed E-state index contributed by atoms with van der Waals surface area (Å²) in [7, 11) is 1.69. The first kappa shape index (κ1) is 25.5. The third kappa shape index (κ3) is 5.28. The van der Waals surface area contributed by atoms with Gasteiger partial charge in [-0.15, -0.1) is 0 Å². The maximum atomic E-state index is 13.9. The molecule has 3 aromatic rings. The minimum atomic E-state index is -0.442. The van der Waals surface area contributed by atoms with Crippen molar-refractivity contribution in [3.8, 4) is 5.75 Å². The number of methoxy groups -OCH3 is 1. The quantitative estimate of drug-likeness (QED) is 0.317. The highest BCUT2D eigenvalue weighted by molar-refractivity contribution is 5.90. The molecule has 6 nitrogen and oxygen atoms in total. The summed E-state index contributed by atoms with van der Waals surface area (Å²) < 4.78 is 19.4. The third-order valence-corrected chi connectivity index (χ3v) is 7.33. The van der Waals surface area contributed by atoms with Gasteiger partial charge in [-0.05, 0) is 84.9 Å². The zero-order valence-corrected chi connectivity index (χ0v) is 21.8. The smallest absolute Gasteiger partial charge is 0.225 e.